The number of nitrogens with zero attached hydrogens (tertiary/aromatic N) is 2. The van der Waals surface area contributed by atoms with Gasteiger partial charge in [-0.15, -0.1) is 0 Å². The van der Waals surface area contributed by atoms with Gasteiger partial charge in [-0.05, 0) is 6.54 Å². The van der Waals surface area contributed by atoms with E-state index in [-0.39, 0.29) is 18.7 Å². The molecular formula is C7H8F3N3O. The van der Waals surface area contributed by atoms with Crippen molar-refractivity contribution < 1.29 is 18.0 Å². The lowest BCUT2D eigenvalue weighted by Gasteiger charge is -2.07. The van der Waals surface area contributed by atoms with E-state index in [4.69, 9.17) is 5.73 Å². The first-order chi connectivity index (χ1) is 6.46. The number of carbonyl (C=O) groups excluding carboxylic acids is 1. The van der Waals surface area contributed by atoms with Gasteiger partial charge in [0.15, 0.2) is 0 Å². The fourth-order valence-electron chi connectivity index (χ4n) is 0.975. The van der Waals surface area contributed by atoms with Crippen LogP contribution < -0.4 is 5.73 Å². The van der Waals surface area contributed by atoms with Gasteiger partial charge in [-0.25, -0.2) is 4.98 Å². The molecule has 4 nitrogen and oxygen atoms in total. The van der Waals surface area contributed by atoms with E-state index in [1.54, 1.807) is 0 Å². The second kappa shape index (κ2) is 3.79. The lowest BCUT2D eigenvalue weighted by atomic mass is 10.3. The van der Waals surface area contributed by atoms with Crippen molar-refractivity contribution in [3.8, 4) is 0 Å². The van der Waals surface area contributed by atoms with E-state index in [1.165, 1.54) is 6.20 Å². The molecule has 0 aliphatic heterocycles. The maximum absolute atomic E-state index is 12.0. The van der Waals surface area contributed by atoms with E-state index in [0.717, 1.165) is 6.33 Å². The molecule has 2 N–H and O–H groups in total. The number of carbonyl (C=O) groups is 1. The molecule has 0 fully saturated rings. The van der Waals surface area contributed by atoms with E-state index < -0.39 is 12.1 Å². The molecule has 0 aromatic carbocycles. The highest BCUT2D eigenvalue weighted by molar-refractivity contribution is 5.84. The lowest BCUT2D eigenvalue weighted by molar-refractivity contribution is -0.0948. The third-order valence-electron chi connectivity index (χ3n) is 1.58. The molecule has 0 unspecified atom stereocenters. The van der Waals surface area contributed by atoms with Crippen molar-refractivity contribution in [2.45, 2.75) is 12.6 Å². The number of imidazole rings is 1. The van der Waals surface area contributed by atoms with E-state index in [1.807, 2.05) is 0 Å². The summed E-state index contributed by atoms with van der Waals surface area (Å²) >= 11 is 0. The highest BCUT2D eigenvalue weighted by Gasteiger charge is 2.40. The summed E-state index contributed by atoms with van der Waals surface area (Å²) in [6, 6.07) is 0. The maximum atomic E-state index is 12.0. The van der Waals surface area contributed by atoms with Gasteiger partial charge in [0.05, 0.1) is 0 Å². The van der Waals surface area contributed by atoms with Crippen LogP contribution in [0.25, 0.3) is 0 Å². The first-order valence-corrected chi connectivity index (χ1v) is 3.79. The first-order valence-electron chi connectivity index (χ1n) is 3.79. The van der Waals surface area contributed by atoms with Gasteiger partial charge in [0.1, 0.15) is 6.33 Å². The normalized spacial score (nSPS) is 11.7. The second-order valence-electron chi connectivity index (χ2n) is 2.60. The standard InChI is InChI=1S/C7H8F3N3O/c8-7(9,10)6(14)13-4-12-3-5(13)1-2-11/h3-4H,1-2,11H2. The molecule has 78 valence electrons. The maximum Gasteiger partial charge on any atom is 0.472 e. The molecule has 0 saturated carbocycles. The fraction of sp³-hybridized carbons (Fsp3) is 0.429. The molecule has 0 amide bonds. The minimum Gasteiger partial charge on any atom is -0.330 e. The summed E-state index contributed by atoms with van der Waals surface area (Å²) in [5, 5.41) is 0. The van der Waals surface area contributed by atoms with E-state index in [9.17, 15) is 18.0 Å². The van der Waals surface area contributed by atoms with Gasteiger partial charge in [0.2, 0.25) is 0 Å². The molecule has 0 aliphatic rings. The summed E-state index contributed by atoms with van der Waals surface area (Å²) in [7, 11) is 0. The molecular weight excluding hydrogens is 199 g/mol. The molecule has 0 saturated heterocycles. The SMILES string of the molecule is NCCc1cncn1C(=O)C(F)(F)F. The number of aromatic nitrogens is 2. The summed E-state index contributed by atoms with van der Waals surface area (Å²) in [4.78, 5) is 14.2. The largest absolute Gasteiger partial charge is 0.472 e. The zero-order valence-electron chi connectivity index (χ0n) is 7.08. The molecule has 1 aromatic rings. The van der Waals surface area contributed by atoms with Crippen molar-refractivity contribution in [1.82, 2.24) is 9.55 Å². The van der Waals surface area contributed by atoms with Gasteiger partial charge in [-0.3, -0.25) is 9.36 Å². The minimum atomic E-state index is -4.88. The zero-order valence-corrected chi connectivity index (χ0v) is 7.08. The van der Waals surface area contributed by atoms with Gasteiger partial charge in [-0.1, -0.05) is 0 Å². The summed E-state index contributed by atoms with van der Waals surface area (Å²) in [6.45, 7) is 0.164. The van der Waals surface area contributed by atoms with E-state index >= 15 is 0 Å². The Hall–Kier alpha value is -1.37. The molecule has 0 aliphatic carbocycles. The summed E-state index contributed by atoms with van der Waals surface area (Å²) in [5.41, 5.74) is 5.33. The molecule has 0 radical (unpaired) electrons. The van der Waals surface area contributed by atoms with Crippen molar-refractivity contribution >= 4 is 5.91 Å². The Labute approximate surface area is 77.5 Å². The Morgan fingerprint density at radius 2 is 2.21 bits per heavy atom. The average molecular weight is 207 g/mol. The average Bonchev–Trinajstić information content (AvgIpc) is 2.50. The number of alkyl halides is 3. The Bertz CT molecular complexity index is 331. The van der Waals surface area contributed by atoms with Gasteiger partial charge >= 0.3 is 12.1 Å². The molecule has 14 heavy (non-hydrogen) atoms. The predicted molar refractivity (Wildman–Crippen MR) is 41.7 cm³/mol. The van der Waals surface area contributed by atoms with Crippen molar-refractivity contribution in [3.63, 3.8) is 0 Å². The van der Waals surface area contributed by atoms with Crippen LogP contribution in [0.4, 0.5) is 13.2 Å². The van der Waals surface area contributed by atoms with Crippen molar-refractivity contribution in [2.24, 2.45) is 5.73 Å². The lowest BCUT2D eigenvalue weighted by Crippen LogP contribution is -2.30. The molecule has 0 bridgehead atoms. The quantitative estimate of drug-likeness (QED) is 0.771. The monoisotopic (exact) mass is 207 g/mol. The van der Waals surface area contributed by atoms with Crippen LogP contribution >= 0.6 is 0 Å². The second-order valence-corrected chi connectivity index (χ2v) is 2.60. The summed E-state index contributed by atoms with van der Waals surface area (Å²) < 4.78 is 36.5. The Kier molecular flexibility index (Phi) is 2.90. The van der Waals surface area contributed by atoms with Gasteiger partial charge in [-0.2, -0.15) is 13.2 Å². The Balaban J connectivity index is 2.95. The first kappa shape index (κ1) is 10.7. The van der Waals surface area contributed by atoms with Crippen molar-refractivity contribution in [2.75, 3.05) is 6.54 Å². The highest BCUT2D eigenvalue weighted by atomic mass is 19.4. The Morgan fingerprint density at radius 1 is 1.57 bits per heavy atom. The number of hydrogen-bond donors (Lipinski definition) is 1. The smallest absolute Gasteiger partial charge is 0.330 e. The molecule has 1 rings (SSSR count). The number of hydrogen-bond acceptors (Lipinski definition) is 3. The van der Waals surface area contributed by atoms with E-state index in [0.29, 0.717) is 4.57 Å². The minimum absolute atomic E-state index is 0.162. The third-order valence-corrected chi connectivity index (χ3v) is 1.58. The summed E-state index contributed by atoms with van der Waals surface area (Å²) in [6.07, 6.45) is -2.68. The molecule has 7 heteroatoms. The van der Waals surface area contributed by atoms with Crippen molar-refractivity contribution in [1.29, 1.82) is 0 Å². The van der Waals surface area contributed by atoms with E-state index in [2.05, 4.69) is 4.98 Å². The predicted octanol–water partition coefficient (Wildman–Crippen LogP) is 0.587. The van der Waals surface area contributed by atoms with Crippen LogP contribution in [0, 0.1) is 0 Å². The van der Waals surface area contributed by atoms with Crippen LogP contribution in [0.2, 0.25) is 0 Å². The van der Waals surface area contributed by atoms with Crippen LogP contribution in [0.3, 0.4) is 0 Å². The van der Waals surface area contributed by atoms with Crippen LogP contribution in [-0.4, -0.2) is 28.2 Å². The van der Waals surface area contributed by atoms with Crippen LogP contribution in [0.5, 0.6) is 0 Å². The number of halogens is 3. The van der Waals surface area contributed by atoms with Crippen molar-refractivity contribution in [3.05, 3.63) is 18.2 Å². The molecule has 0 spiro atoms. The zero-order chi connectivity index (χ0) is 10.8. The van der Waals surface area contributed by atoms with Gasteiger partial charge in [0, 0.05) is 18.3 Å². The third kappa shape index (κ3) is 2.11. The Morgan fingerprint density at radius 3 is 2.71 bits per heavy atom. The van der Waals surface area contributed by atoms with Crippen LogP contribution in [0.1, 0.15) is 10.5 Å². The molecule has 1 heterocycles. The molecule has 1 aromatic heterocycles. The molecule has 0 atom stereocenters. The number of rotatable bonds is 2. The van der Waals surface area contributed by atoms with Gasteiger partial charge in [0.25, 0.3) is 0 Å². The fourth-order valence-corrected chi connectivity index (χ4v) is 0.975. The summed E-state index contributed by atoms with van der Waals surface area (Å²) in [5.74, 6) is -1.95. The topological polar surface area (TPSA) is 60.9 Å². The highest BCUT2D eigenvalue weighted by Crippen LogP contribution is 2.18. The number of nitrogens with two attached hydrogens (primary N) is 1. The van der Waals surface area contributed by atoms with Crippen LogP contribution in [0.15, 0.2) is 12.5 Å². The van der Waals surface area contributed by atoms with Crippen LogP contribution in [-0.2, 0) is 6.42 Å². The van der Waals surface area contributed by atoms with Gasteiger partial charge < -0.3 is 5.73 Å².